The molecule has 0 spiro atoms. The highest BCUT2D eigenvalue weighted by Crippen LogP contribution is 2.52. The third-order valence-corrected chi connectivity index (χ3v) is 12.6. The molecule has 1 aliphatic rings. The van der Waals surface area contributed by atoms with Gasteiger partial charge < -0.3 is 9.32 Å². The molecule has 2 aromatic heterocycles. The molecule has 0 amide bonds. The number of hydrogen-bond donors (Lipinski definition) is 0. The highest BCUT2D eigenvalue weighted by molar-refractivity contribution is 6.19. The van der Waals surface area contributed by atoms with E-state index in [0.29, 0.717) is 5.82 Å². The van der Waals surface area contributed by atoms with Crippen molar-refractivity contribution in [3.8, 4) is 45.0 Å². The zero-order valence-electron chi connectivity index (χ0n) is 33.8. The fourth-order valence-corrected chi connectivity index (χ4v) is 9.56. The molecule has 0 aliphatic heterocycles. The first-order valence-corrected chi connectivity index (χ1v) is 20.9. The number of fused-ring (bicyclic) bond motifs is 8. The Morgan fingerprint density at radius 2 is 1.08 bits per heavy atom. The quantitative estimate of drug-likeness (QED) is 0.168. The van der Waals surface area contributed by atoms with Crippen LogP contribution >= 0.6 is 0 Å². The third-order valence-electron chi connectivity index (χ3n) is 12.6. The normalized spacial score (nSPS) is 12.9. The molecular formula is C57H39N3O. The van der Waals surface area contributed by atoms with E-state index in [1.807, 2.05) is 18.2 Å². The lowest BCUT2D eigenvalue weighted by molar-refractivity contribution is 0.660. The minimum Gasteiger partial charge on any atom is -0.454 e. The minimum absolute atomic E-state index is 0.149. The van der Waals surface area contributed by atoms with Gasteiger partial charge in [0.1, 0.15) is 5.58 Å². The number of furan rings is 1. The summed E-state index contributed by atoms with van der Waals surface area (Å²) >= 11 is 0. The SMILES string of the molecule is CC1(C)c2ccccc2-c2ccc(N(c3ccccc3)c3c4ccccc4cc4c3oc3cc(-c5cc(-c6ccc7ccccc7c6)nc(-c6ccccc6)n5)ccc34)cc21. The van der Waals surface area contributed by atoms with Crippen molar-refractivity contribution in [1.82, 2.24) is 9.97 Å². The van der Waals surface area contributed by atoms with E-state index >= 15 is 0 Å². The standard InChI is InChI=1S/C57H39N3O/c1-57(2)49-24-14-13-23-45(49)46-30-28-43(34-50(46)57)60(42-20-7-4-8-21-42)54-44-22-12-11-19-39(44)32-48-47-29-27-41(33-53(47)61-55(48)54)52-35-51(58-56(59-52)37-16-5-3-6-17-37)40-26-25-36-15-9-10-18-38(36)31-40/h3-35H,1-2H3. The maximum absolute atomic E-state index is 7.15. The molecule has 1 aliphatic carbocycles. The van der Waals surface area contributed by atoms with Gasteiger partial charge in [-0.3, -0.25) is 0 Å². The first-order valence-electron chi connectivity index (χ1n) is 20.9. The van der Waals surface area contributed by atoms with Gasteiger partial charge in [-0.15, -0.1) is 0 Å². The summed E-state index contributed by atoms with van der Waals surface area (Å²) in [5.41, 5.74) is 14.6. The van der Waals surface area contributed by atoms with E-state index in [1.54, 1.807) is 0 Å². The van der Waals surface area contributed by atoms with E-state index in [2.05, 4.69) is 201 Å². The van der Waals surface area contributed by atoms with Crippen LogP contribution in [0.2, 0.25) is 0 Å². The van der Waals surface area contributed by atoms with E-state index in [-0.39, 0.29) is 5.41 Å². The maximum Gasteiger partial charge on any atom is 0.160 e. The molecule has 288 valence electrons. The smallest absolute Gasteiger partial charge is 0.160 e. The first-order chi connectivity index (χ1) is 30.0. The molecule has 0 saturated heterocycles. The van der Waals surface area contributed by atoms with Crippen LogP contribution in [0, 0.1) is 0 Å². The van der Waals surface area contributed by atoms with Gasteiger partial charge in [-0.2, -0.15) is 0 Å². The van der Waals surface area contributed by atoms with Crippen LogP contribution in [0.4, 0.5) is 17.1 Å². The number of para-hydroxylation sites is 1. The summed E-state index contributed by atoms with van der Waals surface area (Å²) in [6.07, 6.45) is 0. The first kappa shape index (κ1) is 35.2. The molecular weight excluding hydrogens is 743 g/mol. The zero-order valence-corrected chi connectivity index (χ0v) is 33.8. The summed E-state index contributed by atoms with van der Waals surface area (Å²) in [6, 6.07) is 71.2. The van der Waals surface area contributed by atoms with Crippen molar-refractivity contribution in [1.29, 1.82) is 0 Å². The molecule has 0 N–H and O–H groups in total. The number of rotatable bonds is 6. The molecule has 4 nitrogen and oxygen atoms in total. The summed E-state index contributed by atoms with van der Waals surface area (Å²) in [5, 5.41) is 6.75. The lowest BCUT2D eigenvalue weighted by Crippen LogP contribution is -2.16. The molecule has 0 bridgehead atoms. The lowest BCUT2D eigenvalue weighted by Gasteiger charge is -2.29. The molecule has 0 unspecified atom stereocenters. The molecule has 0 fully saturated rings. The average Bonchev–Trinajstić information content (AvgIpc) is 3.79. The van der Waals surface area contributed by atoms with E-state index < -0.39 is 0 Å². The number of nitrogens with zero attached hydrogens (tertiary/aromatic N) is 3. The van der Waals surface area contributed by atoms with E-state index in [1.165, 1.54) is 33.0 Å². The van der Waals surface area contributed by atoms with Crippen LogP contribution in [0.5, 0.6) is 0 Å². The molecule has 0 saturated carbocycles. The predicted molar refractivity (Wildman–Crippen MR) is 253 cm³/mol. The number of hydrogen-bond acceptors (Lipinski definition) is 4. The van der Waals surface area contributed by atoms with Crippen LogP contribution < -0.4 is 4.90 Å². The molecule has 4 heteroatoms. The van der Waals surface area contributed by atoms with Crippen LogP contribution in [0.25, 0.3) is 88.5 Å². The van der Waals surface area contributed by atoms with Crippen molar-refractivity contribution < 1.29 is 4.42 Å². The predicted octanol–water partition coefficient (Wildman–Crippen LogP) is 15.5. The average molecular weight is 782 g/mol. The molecule has 0 atom stereocenters. The maximum atomic E-state index is 7.15. The molecule has 9 aromatic carbocycles. The monoisotopic (exact) mass is 781 g/mol. The Balaban J connectivity index is 1.06. The van der Waals surface area contributed by atoms with Crippen molar-refractivity contribution in [3.63, 3.8) is 0 Å². The summed E-state index contributed by atoms with van der Waals surface area (Å²) in [4.78, 5) is 12.7. The summed E-state index contributed by atoms with van der Waals surface area (Å²) in [5.74, 6) is 0.679. The van der Waals surface area contributed by atoms with Crippen molar-refractivity contribution in [3.05, 3.63) is 211 Å². The summed E-state index contributed by atoms with van der Waals surface area (Å²) in [6.45, 7) is 4.68. The van der Waals surface area contributed by atoms with Gasteiger partial charge in [0.15, 0.2) is 11.4 Å². The molecule has 2 heterocycles. The van der Waals surface area contributed by atoms with Crippen LogP contribution in [-0.4, -0.2) is 9.97 Å². The minimum atomic E-state index is -0.149. The fourth-order valence-electron chi connectivity index (χ4n) is 9.56. The number of aromatic nitrogens is 2. The van der Waals surface area contributed by atoms with Crippen molar-refractivity contribution in [2.45, 2.75) is 19.3 Å². The van der Waals surface area contributed by atoms with Gasteiger partial charge in [0.25, 0.3) is 0 Å². The Morgan fingerprint density at radius 3 is 1.90 bits per heavy atom. The molecule has 61 heavy (non-hydrogen) atoms. The van der Waals surface area contributed by atoms with Crippen molar-refractivity contribution >= 4 is 60.5 Å². The van der Waals surface area contributed by atoms with Crippen molar-refractivity contribution in [2.75, 3.05) is 4.90 Å². The van der Waals surface area contributed by atoms with E-state index in [0.717, 1.165) is 77.9 Å². The Kier molecular flexibility index (Phi) is 7.85. The van der Waals surface area contributed by atoms with Gasteiger partial charge >= 0.3 is 0 Å². The van der Waals surface area contributed by atoms with Gasteiger partial charge in [0, 0.05) is 49.6 Å². The lowest BCUT2D eigenvalue weighted by atomic mass is 9.82. The van der Waals surface area contributed by atoms with Gasteiger partial charge in [0.2, 0.25) is 0 Å². The highest BCUT2D eigenvalue weighted by Gasteiger charge is 2.36. The van der Waals surface area contributed by atoms with E-state index in [9.17, 15) is 0 Å². The topological polar surface area (TPSA) is 42.2 Å². The van der Waals surface area contributed by atoms with Gasteiger partial charge in [-0.05, 0) is 93.0 Å². The van der Waals surface area contributed by atoms with Crippen LogP contribution in [-0.2, 0) is 5.41 Å². The highest BCUT2D eigenvalue weighted by atomic mass is 16.3. The van der Waals surface area contributed by atoms with Crippen LogP contribution in [0.15, 0.2) is 205 Å². The zero-order chi connectivity index (χ0) is 40.7. The second kappa shape index (κ2) is 13.6. The summed E-state index contributed by atoms with van der Waals surface area (Å²) < 4.78 is 7.15. The van der Waals surface area contributed by atoms with Gasteiger partial charge in [-0.1, -0.05) is 159 Å². The molecule has 11 aromatic rings. The number of benzene rings is 9. The van der Waals surface area contributed by atoms with Crippen LogP contribution in [0.3, 0.4) is 0 Å². The molecule has 12 rings (SSSR count). The van der Waals surface area contributed by atoms with E-state index in [4.69, 9.17) is 14.4 Å². The Morgan fingerprint density at radius 1 is 0.426 bits per heavy atom. The second-order valence-electron chi connectivity index (χ2n) is 16.6. The Labute approximate surface area is 354 Å². The Bertz CT molecular complexity index is 3510. The van der Waals surface area contributed by atoms with Gasteiger partial charge in [-0.25, -0.2) is 9.97 Å². The molecule has 0 radical (unpaired) electrons. The fraction of sp³-hybridized carbons (Fsp3) is 0.0526. The third kappa shape index (κ3) is 5.67. The largest absolute Gasteiger partial charge is 0.454 e. The van der Waals surface area contributed by atoms with Crippen LogP contribution in [0.1, 0.15) is 25.0 Å². The summed E-state index contributed by atoms with van der Waals surface area (Å²) in [7, 11) is 0. The Hall–Kier alpha value is -7.82. The van der Waals surface area contributed by atoms with Crippen molar-refractivity contribution in [2.24, 2.45) is 0 Å². The second-order valence-corrected chi connectivity index (χ2v) is 16.6. The number of anilines is 3. The van der Waals surface area contributed by atoms with Gasteiger partial charge in [0.05, 0.1) is 17.1 Å².